The van der Waals surface area contributed by atoms with Crippen molar-refractivity contribution in [2.24, 2.45) is 5.92 Å². The van der Waals surface area contributed by atoms with Gasteiger partial charge in [-0.1, -0.05) is 158 Å². The molecule has 2 atom stereocenters. The first-order valence-electron chi connectivity index (χ1n) is 22.1. The Bertz CT molecular complexity index is 3750. The molecule has 3 heteroatoms. The second-order valence-corrected chi connectivity index (χ2v) is 17.6. The highest BCUT2D eigenvalue weighted by atomic mass is 15.1. The molecular weight excluding hydrogens is 763 g/mol. The van der Waals surface area contributed by atoms with Crippen molar-refractivity contribution < 1.29 is 0 Å². The third-order valence-electron chi connectivity index (χ3n) is 14.0. The second kappa shape index (κ2) is 13.6. The van der Waals surface area contributed by atoms with Gasteiger partial charge in [-0.25, -0.2) is 0 Å². The maximum Gasteiger partial charge on any atom is 0.0619 e. The number of rotatable bonds is 5. The molecule has 0 saturated carbocycles. The lowest BCUT2D eigenvalue weighted by Gasteiger charge is -2.37. The Morgan fingerprint density at radius 1 is 0.460 bits per heavy atom. The molecule has 0 amide bonds. The summed E-state index contributed by atoms with van der Waals surface area (Å²) in [5.74, 6) is 0.312. The number of nitrogens with zero attached hydrogens (tertiary/aromatic N) is 3. The summed E-state index contributed by atoms with van der Waals surface area (Å²) in [5, 5.41) is 11.4. The number of anilines is 3. The molecule has 3 nitrogen and oxygen atoms in total. The molecule has 0 fully saturated rings. The molecule has 0 spiro atoms. The molecule has 9 aromatic carbocycles. The minimum Gasteiger partial charge on any atom is -0.311 e. The van der Waals surface area contributed by atoms with E-state index < -0.39 is 0 Å². The zero-order chi connectivity index (χ0) is 41.8. The number of allylic oxidation sites excluding steroid dienone is 5. The van der Waals surface area contributed by atoms with Crippen LogP contribution >= 0.6 is 0 Å². The fourth-order valence-electron chi connectivity index (χ4n) is 11.0. The summed E-state index contributed by atoms with van der Waals surface area (Å²) < 4.78 is 4.97. The van der Waals surface area contributed by atoms with Crippen LogP contribution in [0.25, 0.3) is 82.5 Å². The standard InChI is InChI=1S/C60H43N3/c1-39-18-24-44(25-19-39)61(45-26-30-47(31-27-45)62-54-36-22-40-11-3-6-15-49(40)56(54)52-34-20-41-12-4-7-16-50(41)58(52)62)46-28-32-48(33-29-46)63-55-37-23-43-14-9-10-38-60(43,2)57(55)53-35-21-42-13-5-8-17-51(42)59(53)63/h3-38,43H,1-2H3. The van der Waals surface area contributed by atoms with Gasteiger partial charge in [0, 0.05) is 66.7 Å². The summed E-state index contributed by atoms with van der Waals surface area (Å²) >= 11 is 0. The Morgan fingerprint density at radius 3 is 1.63 bits per heavy atom. The average molecular weight is 806 g/mol. The van der Waals surface area contributed by atoms with E-state index in [0.717, 1.165) is 28.4 Å². The largest absolute Gasteiger partial charge is 0.311 e. The van der Waals surface area contributed by atoms with Crippen LogP contribution in [0.3, 0.4) is 0 Å². The minimum atomic E-state index is -0.140. The molecule has 0 radical (unpaired) electrons. The molecule has 0 bridgehead atoms. The fraction of sp³-hybridized carbons (Fsp3) is 0.0667. The van der Waals surface area contributed by atoms with Gasteiger partial charge in [-0.15, -0.1) is 0 Å². The van der Waals surface area contributed by atoms with Crippen LogP contribution in [0.15, 0.2) is 212 Å². The van der Waals surface area contributed by atoms with E-state index in [0.29, 0.717) is 5.92 Å². The van der Waals surface area contributed by atoms with Gasteiger partial charge in [0.2, 0.25) is 0 Å². The Kier molecular flexibility index (Phi) is 7.71. The molecule has 0 N–H and O–H groups in total. The lowest BCUT2D eigenvalue weighted by atomic mass is 9.66. The van der Waals surface area contributed by atoms with Crippen LogP contribution < -0.4 is 4.90 Å². The van der Waals surface area contributed by atoms with Crippen LogP contribution in [0.1, 0.15) is 23.7 Å². The molecule has 0 aliphatic heterocycles. The molecule has 2 aliphatic rings. The van der Waals surface area contributed by atoms with Crippen LogP contribution in [-0.2, 0) is 5.41 Å². The van der Waals surface area contributed by atoms with Crippen molar-refractivity contribution in [3.8, 4) is 11.4 Å². The number of benzene rings is 9. The van der Waals surface area contributed by atoms with E-state index in [2.05, 4.69) is 246 Å². The topological polar surface area (TPSA) is 13.1 Å². The van der Waals surface area contributed by atoms with Gasteiger partial charge in [-0.3, -0.25) is 0 Å². The number of aryl methyl sites for hydroxylation is 1. The molecule has 2 aliphatic carbocycles. The number of aromatic nitrogens is 2. The lowest BCUT2D eigenvalue weighted by Crippen LogP contribution is -2.31. The number of fused-ring (bicyclic) bond motifs is 14. The smallest absolute Gasteiger partial charge is 0.0619 e. The van der Waals surface area contributed by atoms with E-state index in [1.165, 1.54) is 81.8 Å². The third-order valence-corrected chi connectivity index (χ3v) is 14.0. The van der Waals surface area contributed by atoms with E-state index in [9.17, 15) is 0 Å². The van der Waals surface area contributed by atoms with Crippen molar-refractivity contribution in [3.05, 3.63) is 229 Å². The van der Waals surface area contributed by atoms with E-state index in [1.807, 2.05) is 0 Å². The van der Waals surface area contributed by atoms with Gasteiger partial charge >= 0.3 is 0 Å². The highest BCUT2D eigenvalue weighted by Crippen LogP contribution is 2.50. The molecule has 2 heterocycles. The normalized spacial score (nSPS) is 16.8. The van der Waals surface area contributed by atoms with Crippen LogP contribution in [0.2, 0.25) is 0 Å². The first-order valence-corrected chi connectivity index (χ1v) is 22.1. The quantitative estimate of drug-likeness (QED) is 0.169. The molecule has 63 heavy (non-hydrogen) atoms. The van der Waals surface area contributed by atoms with Crippen LogP contribution in [-0.4, -0.2) is 9.13 Å². The summed E-state index contributed by atoms with van der Waals surface area (Å²) in [6.07, 6.45) is 13.9. The maximum absolute atomic E-state index is 2.50. The summed E-state index contributed by atoms with van der Waals surface area (Å²) in [4.78, 5) is 2.38. The minimum absolute atomic E-state index is 0.140. The van der Waals surface area contributed by atoms with E-state index in [1.54, 1.807) is 0 Å². The van der Waals surface area contributed by atoms with Gasteiger partial charge in [0.1, 0.15) is 0 Å². The monoisotopic (exact) mass is 805 g/mol. The van der Waals surface area contributed by atoms with Gasteiger partial charge in [0.25, 0.3) is 0 Å². The van der Waals surface area contributed by atoms with Crippen molar-refractivity contribution in [3.63, 3.8) is 0 Å². The molecule has 0 saturated heterocycles. The number of hydrogen-bond acceptors (Lipinski definition) is 1. The maximum atomic E-state index is 2.50. The third kappa shape index (κ3) is 5.26. The van der Waals surface area contributed by atoms with Crippen LogP contribution in [0.5, 0.6) is 0 Å². The SMILES string of the molecule is Cc1ccc(N(c2ccc(-n3c4c(c5ccc6ccccc6c53)C3(C)C=CC=CC3C=C4)cc2)c2ccc(-n3c4ccc5ccccc5c4c4ccc5ccccc5c43)cc2)cc1. The van der Waals surface area contributed by atoms with Crippen LogP contribution in [0.4, 0.5) is 17.1 Å². The molecule has 298 valence electrons. The zero-order valence-corrected chi connectivity index (χ0v) is 35.2. The van der Waals surface area contributed by atoms with Gasteiger partial charge in [-0.05, 0) is 107 Å². The summed E-state index contributed by atoms with van der Waals surface area (Å²) in [6, 6.07) is 67.3. The van der Waals surface area contributed by atoms with Gasteiger partial charge < -0.3 is 14.0 Å². The molecule has 13 rings (SSSR count). The highest BCUT2D eigenvalue weighted by molar-refractivity contribution is 6.26. The lowest BCUT2D eigenvalue weighted by molar-refractivity contribution is 0.496. The zero-order valence-electron chi connectivity index (χ0n) is 35.2. The van der Waals surface area contributed by atoms with Crippen LogP contribution in [0, 0.1) is 12.8 Å². The summed E-state index contributed by atoms with van der Waals surface area (Å²) in [6.45, 7) is 4.55. The van der Waals surface area contributed by atoms with Crippen molar-refractivity contribution in [1.29, 1.82) is 0 Å². The van der Waals surface area contributed by atoms with Crippen molar-refractivity contribution in [1.82, 2.24) is 9.13 Å². The average Bonchev–Trinajstić information content (AvgIpc) is 3.87. The van der Waals surface area contributed by atoms with E-state index in [4.69, 9.17) is 0 Å². The van der Waals surface area contributed by atoms with E-state index >= 15 is 0 Å². The summed E-state index contributed by atoms with van der Waals surface area (Å²) in [5.41, 5.74) is 13.0. The fourth-order valence-corrected chi connectivity index (χ4v) is 11.0. The molecule has 11 aromatic rings. The van der Waals surface area contributed by atoms with Gasteiger partial charge in [0.15, 0.2) is 0 Å². The Labute approximate surface area is 366 Å². The molecular formula is C60H43N3. The predicted molar refractivity (Wildman–Crippen MR) is 268 cm³/mol. The first kappa shape index (κ1) is 35.8. The Hall–Kier alpha value is -7.88. The first-order chi connectivity index (χ1) is 31.0. The van der Waals surface area contributed by atoms with Gasteiger partial charge in [-0.2, -0.15) is 0 Å². The number of hydrogen-bond donors (Lipinski definition) is 0. The van der Waals surface area contributed by atoms with Gasteiger partial charge in [0.05, 0.1) is 22.2 Å². The van der Waals surface area contributed by atoms with E-state index in [-0.39, 0.29) is 5.41 Å². The van der Waals surface area contributed by atoms with Crippen molar-refractivity contribution in [2.45, 2.75) is 19.3 Å². The second-order valence-electron chi connectivity index (χ2n) is 17.6. The highest BCUT2D eigenvalue weighted by Gasteiger charge is 2.40. The Morgan fingerprint density at radius 2 is 0.984 bits per heavy atom. The summed E-state index contributed by atoms with van der Waals surface area (Å²) in [7, 11) is 0. The predicted octanol–water partition coefficient (Wildman–Crippen LogP) is 16.0. The van der Waals surface area contributed by atoms with Crippen molar-refractivity contribution in [2.75, 3.05) is 4.90 Å². The van der Waals surface area contributed by atoms with Crippen molar-refractivity contribution >= 4 is 88.2 Å². The molecule has 2 aromatic heterocycles. The molecule has 2 unspecified atom stereocenters. The Balaban J connectivity index is 0.969.